The van der Waals surface area contributed by atoms with E-state index in [1.807, 2.05) is 49.4 Å². The number of nitrogen functional groups attached to an aromatic ring is 1. The zero-order valence-corrected chi connectivity index (χ0v) is 17.0. The van der Waals surface area contributed by atoms with E-state index in [0.29, 0.717) is 25.4 Å². The topological polar surface area (TPSA) is 77.2 Å². The normalized spacial score (nSPS) is 12.6. The molecule has 0 spiro atoms. The predicted molar refractivity (Wildman–Crippen MR) is 120 cm³/mol. The summed E-state index contributed by atoms with van der Waals surface area (Å²) in [6.07, 6.45) is 4.30. The number of carbonyl (C=O) groups is 1. The summed E-state index contributed by atoms with van der Waals surface area (Å²) >= 11 is 0. The molecule has 0 radical (unpaired) electrons. The Kier molecular flexibility index (Phi) is 5.80. The fourth-order valence-electron chi connectivity index (χ4n) is 3.88. The van der Waals surface area contributed by atoms with Gasteiger partial charge in [0.15, 0.2) is 0 Å². The lowest BCUT2D eigenvalue weighted by atomic mass is 9.98. The molecule has 1 amide bonds. The number of nitrogens with one attached hydrogen (secondary N) is 1. The molecule has 5 heteroatoms. The summed E-state index contributed by atoms with van der Waals surface area (Å²) in [5.41, 5.74) is 12.4. The van der Waals surface area contributed by atoms with Crippen LogP contribution in [0.1, 0.15) is 34.7 Å². The molecular weight excluding hydrogens is 374 g/mol. The maximum Gasteiger partial charge on any atom is 0.407 e. The zero-order valence-electron chi connectivity index (χ0n) is 17.0. The molecule has 0 atom stereocenters. The molecule has 5 nitrogen and oxygen atoms in total. The Morgan fingerprint density at radius 1 is 1.07 bits per heavy atom. The standard InChI is InChI=1S/C25H25N3O2/c1-17-18(13-14-24(26)28-17)8-6-7-15-27-25(29)30-16-23-21-11-4-2-9-19(21)20-10-3-5-12-22(20)23/h2-6,8-14,23H,7,15-16H2,1H3,(H2,26,28)(H,27,29). The van der Waals surface area contributed by atoms with Gasteiger partial charge in [-0.3, -0.25) is 0 Å². The van der Waals surface area contributed by atoms with Crippen molar-refractivity contribution < 1.29 is 9.53 Å². The van der Waals surface area contributed by atoms with Gasteiger partial charge >= 0.3 is 6.09 Å². The highest BCUT2D eigenvalue weighted by atomic mass is 16.5. The first kappa shape index (κ1) is 19.7. The van der Waals surface area contributed by atoms with Crippen LogP contribution in [0.3, 0.4) is 0 Å². The molecule has 0 bridgehead atoms. The maximum atomic E-state index is 12.2. The number of aryl methyl sites for hydroxylation is 1. The first-order valence-electron chi connectivity index (χ1n) is 10.1. The molecule has 0 unspecified atom stereocenters. The van der Waals surface area contributed by atoms with Crippen molar-refractivity contribution in [3.63, 3.8) is 0 Å². The Balaban J connectivity index is 1.28. The molecule has 1 aliphatic carbocycles. The highest BCUT2D eigenvalue weighted by molar-refractivity contribution is 5.79. The van der Waals surface area contributed by atoms with Crippen LogP contribution in [0.25, 0.3) is 17.2 Å². The molecule has 152 valence electrons. The van der Waals surface area contributed by atoms with Crippen LogP contribution in [0.4, 0.5) is 10.6 Å². The largest absolute Gasteiger partial charge is 0.449 e. The third kappa shape index (κ3) is 4.20. The third-order valence-corrected chi connectivity index (χ3v) is 5.37. The molecule has 1 aliphatic rings. The van der Waals surface area contributed by atoms with Gasteiger partial charge < -0.3 is 15.8 Å². The summed E-state index contributed by atoms with van der Waals surface area (Å²) in [6.45, 7) is 2.76. The van der Waals surface area contributed by atoms with E-state index in [0.717, 1.165) is 11.3 Å². The molecule has 4 rings (SSSR count). The number of ether oxygens (including phenoxy) is 1. The lowest BCUT2D eigenvalue weighted by Crippen LogP contribution is -2.26. The Bertz CT molecular complexity index is 1050. The summed E-state index contributed by atoms with van der Waals surface area (Å²) in [5.74, 6) is 0.589. The number of amides is 1. The molecule has 0 saturated heterocycles. The quantitative estimate of drug-likeness (QED) is 0.577. The number of benzene rings is 2. The minimum Gasteiger partial charge on any atom is -0.449 e. The maximum absolute atomic E-state index is 12.2. The molecule has 0 aliphatic heterocycles. The summed E-state index contributed by atoms with van der Waals surface area (Å²) in [7, 11) is 0. The Morgan fingerprint density at radius 2 is 1.73 bits per heavy atom. The first-order valence-corrected chi connectivity index (χ1v) is 10.1. The Morgan fingerprint density at radius 3 is 2.40 bits per heavy atom. The summed E-state index contributed by atoms with van der Waals surface area (Å²) in [4.78, 5) is 16.4. The molecular formula is C25H25N3O2. The van der Waals surface area contributed by atoms with E-state index in [4.69, 9.17) is 10.5 Å². The molecule has 3 N–H and O–H groups in total. The van der Waals surface area contributed by atoms with Gasteiger partial charge in [0, 0.05) is 18.2 Å². The van der Waals surface area contributed by atoms with E-state index in [1.165, 1.54) is 22.3 Å². The van der Waals surface area contributed by atoms with Crippen LogP contribution in [0.5, 0.6) is 0 Å². The van der Waals surface area contributed by atoms with E-state index in [1.54, 1.807) is 6.07 Å². The molecule has 3 aromatic rings. The number of nitrogens with two attached hydrogens (primary N) is 1. The van der Waals surface area contributed by atoms with Crippen molar-refractivity contribution in [2.75, 3.05) is 18.9 Å². The number of fused-ring (bicyclic) bond motifs is 3. The number of hydrogen-bond acceptors (Lipinski definition) is 4. The SMILES string of the molecule is Cc1nc(N)ccc1C=CCCNC(=O)OCC1c2ccccc2-c2ccccc21. The average Bonchev–Trinajstić information content (AvgIpc) is 3.07. The van der Waals surface area contributed by atoms with Crippen molar-refractivity contribution in [1.82, 2.24) is 10.3 Å². The van der Waals surface area contributed by atoms with E-state index >= 15 is 0 Å². The van der Waals surface area contributed by atoms with Gasteiger partial charge in [-0.05, 0) is 53.3 Å². The fraction of sp³-hybridized carbons (Fsp3) is 0.200. The van der Waals surface area contributed by atoms with Crippen molar-refractivity contribution in [2.24, 2.45) is 0 Å². The van der Waals surface area contributed by atoms with Crippen LogP contribution in [0.15, 0.2) is 66.7 Å². The van der Waals surface area contributed by atoms with Gasteiger partial charge in [0.2, 0.25) is 0 Å². The Hall–Kier alpha value is -3.60. The number of anilines is 1. The monoisotopic (exact) mass is 399 g/mol. The average molecular weight is 399 g/mol. The van der Waals surface area contributed by atoms with Gasteiger partial charge in [-0.25, -0.2) is 9.78 Å². The van der Waals surface area contributed by atoms with Crippen LogP contribution in [-0.4, -0.2) is 24.2 Å². The van der Waals surface area contributed by atoms with Crippen LogP contribution in [0, 0.1) is 6.92 Å². The molecule has 2 aromatic carbocycles. The van der Waals surface area contributed by atoms with Gasteiger partial charge in [0.05, 0.1) is 0 Å². The molecule has 0 fully saturated rings. The minimum absolute atomic E-state index is 0.0732. The lowest BCUT2D eigenvalue weighted by molar-refractivity contribution is 0.143. The molecule has 1 aromatic heterocycles. The minimum atomic E-state index is -0.393. The molecule has 0 saturated carbocycles. The second kappa shape index (κ2) is 8.82. The lowest BCUT2D eigenvalue weighted by Gasteiger charge is -2.14. The van der Waals surface area contributed by atoms with Crippen molar-refractivity contribution in [1.29, 1.82) is 0 Å². The van der Waals surface area contributed by atoms with Crippen molar-refractivity contribution >= 4 is 18.0 Å². The van der Waals surface area contributed by atoms with Crippen LogP contribution in [-0.2, 0) is 4.74 Å². The number of carbonyl (C=O) groups excluding carboxylic acids is 1. The second-order valence-corrected chi connectivity index (χ2v) is 7.35. The molecule has 30 heavy (non-hydrogen) atoms. The predicted octanol–water partition coefficient (Wildman–Crippen LogP) is 4.91. The number of alkyl carbamates (subject to hydrolysis) is 1. The Labute approximate surface area is 176 Å². The van der Waals surface area contributed by atoms with Gasteiger partial charge in [-0.2, -0.15) is 0 Å². The van der Waals surface area contributed by atoms with Crippen LogP contribution in [0.2, 0.25) is 0 Å². The number of hydrogen-bond donors (Lipinski definition) is 2. The van der Waals surface area contributed by atoms with E-state index in [-0.39, 0.29) is 5.92 Å². The van der Waals surface area contributed by atoms with Crippen molar-refractivity contribution in [3.8, 4) is 11.1 Å². The van der Waals surface area contributed by atoms with Gasteiger partial charge in [0.25, 0.3) is 0 Å². The van der Waals surface area contributed by atoms with Crippen molar-refractivity contribution in [2.45, 2.75) is 19.3 Å². The smallest absolute Gasteiger partial charge is 0.407 e. The van der Waals surface area contributed by atoms with Crippen LogP contribution >= 0.6 is 0 Å². The third-order valence-electron chi connectivity index (χ3n) is 5.37. The highest BCUT2D eigenvalue weighted by Crippen LogP contribution is 2.44. The number of rotatable bonds is 6. The van der Waals surface area contributed by atoms with E-state index < -0.39 is 6.09 Å². The zero-order chi connectivity index (χ0) is 20.9. The summed E-state index contributed by atoms with van der Waals surface area (Å²) < 4.78 is 5.54. The number of nitrogens with zero attached hydrogens (tertiary/aromatic N) is 1. The van der Waals surface area contributed by atoms with Gasteiger partial charge in [-0.15, -0.1) is 0 Å². The van der Waals surface area contributed by atoms with Crippen molar-refractivity contribution in [3.05, 3.63) is 89.1 Å². The second-order valence-electron chi connectivity index (χ2n) is 7.35. The highest BCUT2D eigenvalue weighted by Gasteiger charge is 2.28. The molecule has 1 heterocycles. The first-order chi connectivity index (χ1) is 14.6. The summed E-state index contributed by atoms with van der Waals surface area (Å²) in [6, 6.07) is 20.3. The van der Waals surface area contributed by atoms with E-state index in [9.17, 15) is 4.79 Å². The number of pyridine rings is 1. The number of aromatic nitrogens is 1. The van der Waals surface area contributed by atoms with E-state index in [2.05, 4.69) is 34.6 Å². The van der Waals surface area contributed by atoms with Crippen LogP contribution < -0.4 is 11.1 Å². The fourth-order valence-corrected chi connectivity index (χ4v) is 3.88. The summed E-state index contributed by atoms with van der Waals surface area (Å²) in [5, 5.41) is 2.82. The van der Waals surface area contributed by atoms with Gasteiger partial charge in [-0.1, -0.05) is 60.7 Å². The van der Waals surface area contributed by atoms with Gasteiger partial charge in [0.1, 0.15) is 12.4 Å².